The maximum Gasteiger partial charge on any atom is 0.164 e. The Morgan fingerprint density at radius 1 is 0.750 bits per heavy atom. The molecular formula is C21H16O3. The molecule has 118 valence electrons. The molecular weight excluding hydrogens is 300 g/mol. The molecule has 0 spiro atoms. The number of methoxy groups -OCH3 is 1. The fourth-order valence-corrected chi connectivity index (χ4v) is 4.45. The van der Waals surface area contributed by atoms with E-state index in [2.05, 4.69) is 24.3 Å². The standard InChI is InChI=1S/C21H16O3/c1-24-16-10-15(22)19-17-11-6-2-4-8-13(11)18(20(19)21(16)23)14-9-5-3-7-12(14)17/h2-10,17-18,22-23H,1H3. The van der Waals surface area contributed by atoms with Crippen LogP contribution < -0.4 is 4.74 Å². The van der Waals surface area contributed by atoms with Crippen molar-refractivity contribution < 1.29 is 14.9 Å². The van der Waals surface area contributed by atoms with Crippen molar-refractivity contribution in [2.45, 2.75) is 11.8 Å². The van der Waals surface area contributed by atoms with Crippen LogP contribution in [-0.4, -0.2) is 17.3 Å². The van der Waals surface area contributed by atoms with Gasteiger partial charge in [0.15, 0.2) is 11.5 Å². The van der Waals surface area contributed by atoms with Crippen molar-refractivity contribution in [3.8, 4) is 17.2 Å². The number of phenols is 2. The minimum Gasteiger partial charge on any atom is -0.507 e. The third-order valence-electron chi connectivity index (χ3n) is 5.36. The van der Waals surface area contributed by atoms with Crippen LogP contribution in [0.15, 0.2) is 54.6 Å². The zero-order valence-corrected chi connectivity index (χ0v) is 13.2. The molecule has 0 amide bonds. The second-order valence-electron chi connectivity index (χ2n) is 6.40. The van der Waals surface area contributed by atoms with Crippen LogP contribution >= 0.6 is 0 Å². The molecule has 3 nitrogen and oxygen atoms in total. The van der Waals surface area contributed by atoms with Crippen LogP contribution in [0.4, 0.5) is 0 Å². The molecule has 0 aliphatic heterocycles. The van der Waals surface area contributed by atoms with Crippen molar-refractivity contribution >= 4 is 0 Å². The summed E-state index contributed by atoms with van der Waals surface area (Å²) >= 11 is 0. The van der Waals surface area contributed by atoms with E-state index >= 15 is 0 Å². The lowest BCUT2D eigenvalue weighted by atomic mass is 9.60. The molecule has 3 aromatic rings. The largest absolute Gasteiger partial charge is 0.507 e. The van der Waals surface area contributed by atoms with Gasteiger partial charge in [-0.2, -0.15) is 0 Å². The fraction of sp³-hybridized carbons (Fsp3) is 0.143. The van der Waals surface area contributed by atoms with E-state index in [0.717, 1.165) is 11.1 Å². The zero-order valence-electron chi connectivity index (χ0n) is 13.2. The third kappa shape index (κ3) is 1.47. The summed E-state index contributed by atoms with van der Waals surface area (Å²) in [4.78, 5) is 0. The summed E-state index contributed by atoms with van der Waals surface area (Å²) < 4.78 is 5.27. The molecule has 3 heteroatoms. The molecule has 24 heavy (non-hydrogen) atoms. The molecule has 3 aromatic carbocycles. The molecule has 0 saturated heterocycles. The summed E-state index contributed by atoms with van der Waals surface area (Å²) in [5.41, 5.74) is 6.36. The van der Waals surface area contributed by atoms with Crippen LogP contribution in [-0.2, 0) is 0 Å². The van der Waals surface area contributed by atoms with E-state index in [1.165, 1.54) is 35.4 Å². The maximum absolute atomic E-state index is 10.8. The van der Waals surface area contributed by atoms with Gasteiger partial charge in [-0.15, -0.1) is 0 Å². The lowest BCUT2D eigenvalue weighted by Gasteiger charge is -2.42. The normalized spacial score (nSPS) is 19.4. The molecule has 0 fully saturated rings. The number of hydrogen-bond acceptors (Lipinski definition) is 3. The van der Waals surface area contributed by atoms with Gasteiger partial charge in [0.25, 0.3) is 0 Å². The van der Waals surface area contributed by atoms with Crippen LogP contribution in [0.25, 0.3) is 0 Å². The van der Waals surface area contributed by atoms with Gasteiger partial charge in [0.05, 0.1) is 7.11 Å². The van der Waals surface area contributed by atoms with E-state index in [9.17, 15) is 10.2 Å². The second-order valence-corrected chi connectivity index (χ2v) is 6.40. The fourth-order valence-electron chi connectivity index (χ4n) is 4.45. The Balaban J connectivity index is 1.94. The third-order valence-corrected chi connectivity index (χ3v) is 5.36. The Labute approximate surface area is 139 Å². The smallest absolute Gasteiger partial charge is 0.164 e. The Bertz CT molecular complexity index is 943. The number of rotatable bonds is 1. The van der Waals surface area contributed by atoms with Crippen molar-refractivity contribution in [3.05, 3.63) is 88.0 Å². The first-order valence-corrected chi connectivity index (χ1v) is 8.02. The van der Waals surface area contributed by atoms with Crippen molar-refractivity contribution in [1.82, 2.24) is 0 Å². The number of aromatic hydroxyl groups is 2. The van der Waals surface area contributed by atoms with Crippen LogP contribution in [0.2, 0.25) is 0 Å². The monoisotopic (exact) mass is 316 g/mol. The van der Waals surface area contributed by atoms with Gasteiger partial charge < -0.3 is 14.9 Å². The summed E-state index contributed by atoms with van der Waals surface area (Å²) in [7, 11) is 1.50. The van der Waals surface area contributed by atoms with Crippen molar-refractivity contribution in [2.75, 3.05) is 7.11 Å². The molecule has 6 rings (SSSR count). The summed E-state index contributed by atoms with van der Waals surface area (Å²) in [6.45, 7) is 0. The second kappa shape index (κ2) is 4.54. The molecule has 3 aliphatic rings. The molecule has 0 saturated carbocycles. The van der Waals surface area contributed by atoms with E-state index < -0.39 is 0 Å². The predicted molar refractivity (Wildman–Crippen MR) is 91.1 cm³/mol. The summed E-state index contributed by atoms with van der Waals surface area (Å²) in [5.74, 6) is 0.476. The van der Waals surface area contributed by atoms with Crippen molar-refractivity contribution in [1.29, 1.82) is 0 Å². The lowest BCUT2D eigenvalue weighted by molar-refractivity contribution is 0.361. The van der Waals surface area contributed by atoms with Crippen LogP contribution in [0.5, 0.6) is 17.2 Å². The molecule has 0 atom stereocenters. The average Bonchev–Trinajstić information content (AvgIpc) is 2.64. The van der Waals surface area contributed by atoms with E-state index in [0.29, 0.717) is 5.75 Å². The number of phenolic OH excluding ortho intramolecular Hbond substituents is 2. The first-order valence-electron chi connectivity index (χ1n) is 8.02. The first kappa shape index (κ1) is 13.5. The van der Waals surface area contributed by atoms with Gasteiger partial charge >= 0.3 is 0 Å². The van der Waals surface area contributed by atoms with Gasteiger partial charge in [-0.3, -0.25) is 0 Å². The average molecular weight is 316 g/mol. The van der Waals surface area contributed by atoms with E-state index in [-0.39, 0.29) is 23.3 Å². The van der Waals surface area contributed by atoms with Crippen LogP contribution in [0, 0.1) is 0 Å². The lowest BCUT2D eigenvalue weighted by Crippen LogP contribution is -2.27. The molecule has 0 aromatic heterocycles. The highest BCUT2D eigenvalue weighted by Crippen LogP contribution is 2.61. The SMILES string of the molecule is COc1cc(O)c2c(c1O)C1c3ccccc3C2c2ccccc21. The molecule has 2 bridgehead atoms. The van der Waals surface area contributed by atoms with Crippen LogP contribution in [0.1, 0.15) is 45.2 Å². The summed E-state index contributed by atoms with van der Waals surface area (Å²) in [5, 5.41) is 21.5. The van der Waals surface area contributed by atoms with E-state index in [1.807, 2.05) is 24.3 Å². The first-order chi connectivity index (χ1) is 11.7. The molecule has 0 unspecified atom stereocenters. The minimum atomic E-state index is -0.0848. The highest BCUT2D eigenvalue weighted by Gasteiger charge is 2.44. The Hall–Kier alpha value is -2.94. The van der Waals surface area contributed by atoms with Gasteiger partial charge in [-0.25, -0.2) is 0 Å². The van der Waals surface area contributed by atoms with Crippen molar-refractivity contribution in [2.24, 2.45) is 0 Å². The van der Waals surface area contributed by atoms with Gasteiger partial charge in [-0.05, 0) is 22.3 Å². The molecule has 0 heterocycles. The van der Waals surface area contributed by atoms with Gasteiger partial charge in [0, 0.05) is 29.0 Å². The maximum atomic E-state index is 10.8. The predicted octanol–water partition coefficient (Wildman–Crippen LogP) is 4.09. The summed E-state index contributed by atoms with van der Waals surface area (Å²) in [6, 6.07) is 18.1. The molecule has 2 N–H and O–H groups in total. The topological polar surface area (TPSA) is 49.7 Å². The highest BCUT2D eigenvalue weighted by molar-refractivity contribution is 5.74. The zero-order chi connectivity index (χ0) is 16.4. The van der Waals surface area contributed by atoms with Crippen molar-refractivity contribution in [3.63, 3.8) is 0 Å². The van der Waals surface area contributed by atoms with Gasteiger partial charge in [0.1, 0.15) is 5.75 Å². The highest BCUT2D eigenvalue weighted by atomic mass is 16.5. The molecule has 3 aliphatic carbocycles. The Morgan fingerprint density at radius 3 is 1.67 bits per heavy atom. The molecule has 0 radical (unpaired) electrons. The van der Waals surface area contributed by atoms with E-state index in [4.69, 9.17) is 4.74 Å². The Kier molecular flexibility index (Phi) is 2.55. The quantitative estimate of drug-likeness (QED) is 0.458. The number of hydrogen-bond donors (Lipinski definition) is 2. The van der Waals surface area contributed by atoms with E-state index in [1.54, 1.807) is 0 Å². The van der Waals surface area contributed by atoms with Gasteiger partial charge in [-0.1, -0.05) is 48.5 Å². The Morgan fingerprint density at radius 2 is 1.21 bits per heavy atom. The van der Waals surface area contributed by atoms with Gasteiger partial charge in [0.2, 0.25) is 0 Å². The van der Waals surface area contributed by atoms with Crippen LogP contribution in [0.3, 0.4) is 0 Å². The number of benzene rings is 3. The number of ether oxygens (including phenoxy) is 1. The summed E-state index contributed by atoms with van der Waals surface area (Å²) in [6.07, 6.45) is 0. The minimum absolute atomic E-state index is 0.0609.